The highest BCUT2D eigenvalue weighted by Gasteiger charge is 2.37. The Morgan fingerprint density at radius 2 is 2.28 bits per heavy atom. The predicted molar refractivity (Wildman–Crippen MR) is 68.9 cm³/mol. The molecule has 6 heteroatoms. The maximum atomic E-state index is 9.94. The molecule has 18 heavy (non-hydrogen) atoms. The second kappa shape index (κ2) is 5.71. The molecule has 0 spiro atoms. The van der Waals surface area contributed by atoms with Crippen molar-refractivity contribution in [2.45, 2.75) is 19.4 Å². The molecule has 5 nitrogen and oxygen atoms in total. The first-order valence-corrected chi connectivity index (χ1v) is 6.09. The van der Waals surface area contributed by atoms with Gasteiger partial charge in [0.15, 0.2) is 0 Å². The first kappa shape index (κ1) is 13.4. The van der Waals surface area contributed by atoms with Crippen LogP contribution in [0.25, 0.3) is 0 Å². The van der Waals surface area contributed by atoms with E-state index in [1.165, 1.54) is 0 Å². The van der Waals surface area contributed by atoms with E-state index in [2.05, 4.69) is 0 Å². The monoisotopic (exact) mass is 251 g/mol. The molecule has 2 rings (SSSR count). The minimum absolute atomic E-state index is 0.0819. The fourth-order valence-corrected chi connectivity index (χ4v) is 2.17. The molecule has 1 atom stereocenters. The highest BCUT2D eigenvalue weighted by molar-refractivity contribution is 6.63. The molecule has 1 unspecified atom stereocenters. The predicted octanol–water partition coefficient (Wildman–Crippen LogP) is -0.526. The molecule has 1 aromatic carbocycles. The number of benzene rings is 1. The van der Waals surface area contributed by atoms with Crippen LogP contribution in [0, 0.1) is 6.92 Å². The summed E-state index contributed by atoms with van der Waals surface area (Å²) >= 11 is 0. The molecule has 0 amide bonds. The van der Waals surface area contributed by atoms with Crippen LogP contribution in [0.5, 0.6) is 5.75 Å². The van der Waals surface area contributed by atoms with E-state index in [9.17, 15) is 5.02 Å². The Morgan fingerprint density at radius 3 is 2.94 bits per heavy atom. The lowest BCUT2D eigenvalue weighted by Crippen LogP contribution is -2.30. The zero-order valence-corrected chi connectivity index (χ0v) is 10.4. The van der Waals surface area contributed by atoms with Crippen LogP contribution in [0.4, 0.5) is 0 Å². The average molecular weight is 251 g/mol. The second-order valence-electron chi connectivity index (χ2n) is 4.35. The number of aliphatic hydroxyl groups excluding tert-OH is 1. The van der Waals surface area contributed by atoms with E-state index >= 15 is 0 Å². The lowest BCUT2D eigenvalue weighted by Gasteiger charge is -2.14. The first-order valence-electron chi connectivity index (χ1n) is 6.09. The molecule has 0 aromatic heterocycles. The zero-order chi connectivity index (χ0) is 13.1. The SMILES string of the molecule is Cc1ccc2c(c1OCCCO)B(O)OC2CN. The van der Waals surface area contributed by atoms with Crippen LogP contribution >= 0.6 is 0 Å². The van der Waals surface area contributed by atoms with Gasteiger partial charge in [-0.3, -0.25) is 0 Å². The standard InChI is InChI=1S/C12H18BNO4/c1-8-3-4-9-10(7-14)18-13(16)11(9)12(8)17-6-2-5-15/h3-4,10,15-16H,2,5-7,14H2,1H3. The number of nitrogens with two attached hydrogens (primary N) is 1. The molecule has 4 N–H and O–H groups in total. The molecule has 0 fully saturated rings. The van der Waals surface area contributed by atoms with E-state index in [-0.39, 0.29) is 12.7 Å². The van der Waals surface area contributed by atoms with E-state index in [4.69, 9.17) is 20.2 Å². The maximum absolute atomic E-state index is 9.94. The molecular weight excluding hydrogens is 233 g/mol. The van der Waals surface area contributed by atoms with E-state index < -0.39 is 7.12 Å². The van der Waals surface area contributed by atoms with Crippen molar-refractivity contribution in [3.05, 3.63) is 23.3 Å². The molecule has 0 aliphatic carbocycles. The third-order valence-corrected chi connectivity index (χ3v) is 3.08. The molecule has 0 radical (unpaired) electrons. The van der Waals surface area contributed by atoms with Crippen molar-refractivity contribution < 1.29 is 19.5 Å². The van der Waals surface area contributed by atoms with Gasteiger partial charge in [-0.2, -0.15) is 0 Å². The molecule has 1 aliphatic heterocycles. The average Bonchev–Trinajstić information content (AvgIpc) is 2.69. The van der Waals surface area contributed by atoms with Gasteiger partial charge in [0.2, 0.25) is 0 Å². The largest absolute Gasteiger partial charge is 0.495 e. The first-order chi connectivity index (χ1) is 8.69. The van der Waals surface area contributed by atoms with Crippen molar-refractivity contribution in [1.29, 1.82) is 0 Å². The number of aliphatic hydroxyl groups is 1. The minimum Gasteiger partial charge on any atom is -0.494 e. The summed E-state index contributed by atoms with van der Waals surface area (Å²) in [4.78, 5) is 0. The van der Waals surface area contributed by atoms with Crippen LogP contribution in [-0.2, 0) is 4.65 Å². The molecule has 1 aliphatic rings. The Labute approximate surface area is 107 Å². The minimum atomic E-state index is -0.988. The molecule has 0 bridgehead atoms. The third kappa shape index (κ3) is 2.37. The summed E-state index contributed by atoms with van der Waals surface area (Å²) in [5.74, 6) is 0.643. The fraction of sp³-hybridized carbons (Fsp3) is 0.500. The summed E-state index contributed by atoms with van der Waals surface area (Å²) in [6, 6.07) is 3.84. The third-order valence-electron chi connectivity index (χ3n) is 3.08. The van der Waals surface area contributed by atoms with E-state index in [1.54, 1.807) is 0 Å². The van der Waals surface area contributed by atoms with Crippen molar-refractivity contribution >= 4 is 12.6 Å². The van der Waals surface area contributed by atoms with Gasteiger partial charge < -0.3 is 25.3 Å². The van der Waals surface area contributed by atoms with Gasteiger partial charge in [-0.1, -0.05) is 12.1 Å². The zero-order valence-electron chi connectivity index (χ0n) is 10.4. The molecule has 1 aromatic rings. The van der Waals surface area contributed by atoms with Crippen LogP contribution in [0.3, 0.4) is 0 Å². The van der Waals surface area contributed by atoms with Crippen molar-refractivity contribution in [3.63, 3.8) is 0 Å². The summed E-state index contributed by atoms with van der Waals surface area (Å²) in [7, 11) is -0.988. The molecule has 0 saturated heterocycles. The lowest BCUT2D eigenvalue weighted by atomic mass is 9.77. The highest BCUT2D eigenvalue weighted by atomic mass is 16.5. The van der Waals surface area contributed by atoms with Crippen LogP contribution < -0.4 is 15.9 Å². The maximum Gasteiger partial charge on any atom is 0.495 e. The van der Waals surface area contributed by atoms with Gasteiger partial charge in [-0.05, 0) is 18.1 Å². The van der Waals surface area contributed by atoms with Crippen LogP contribution in [0.1, 0.15) is 23.7 Å². The van der Waals surface area contributed by atoms with E-state index in [0.717, 1.165) is 11.1 Å². The Kier molecular flexibility index (Phi) is 4.24. The van der Waals surface area contributed by atoms with Gasteiger partial charge in [0.1, 0.15) is 5.75 Å². The summed E-state index contributed by atoms with van der Waals surface area (Å²) in [6.07, 6.45) is 0.274. The summed E-state index contributed by atoms with van der Waals surface area (Å²) in [5, 5.41) is 18.7. The van der Waals surface area contributed by atoms with Gasteiger partial charge in [0.05, 0.1) is 12.7 Å². The Bertz CT molecular complexity index is 427. The lowest BCUT2D eigenvalue weighted by molar-refractivity contribution is 0.198. The Balaban J connectivity index is 2.31. The van der Waals surface area contributed by atoms with E-state index in [0.29, 0.717) is 30.8 Å². The van der Waals surface area contributed by atoms with E-state index in [1.807, 2.05) is 19.1 Å². The van der Waals surface area contributed by atoms with Crippen LogP contribution in [-0.4, -0.2) is 37.0 Å². The second-order valence-corrected chi connectivity index (χ2v) is 4.35. The molecule has 0 saturated carbocycles. The molecule has 98 valence electrons. The fourth-order valence-electron chi connectivity index (χ4n) is 2.17. The molecule has 1 heterocycles. The number of rotatable bonds is 5. The van der Waals surface area contributed by atoms with Crippen molar-refractivity contribution in [2.24, 2.45) is 5.73 Å². The summed E-state index contributed by atoms with van der Waals surface area (Å²) < 4.78 is 11.0. The molecular formula is C12H18BNO4. The smallest absolute Gasteiger partial charge is 0.494 e. The van der Waals surface area contributed by atoms with Crippen molar-refractivity contribution in [2.75, 3.05) is 19.8 Å². The van der Waals surface area contributed by atoms with Gasteiger partial charge >= 0.3 is 7.12 Å². The Hall–Kier alpha value is -1.08. The topological polar surface area (TPSA) is 84.9 Å². The summed E-state index contributed by atoms with van der Waals surface area (Å²) in [5.41, 5.74) is 8.10. The number of hydrogen-bond donors (Lipinski definition) is 3. The van der Waals surface area contributed by atoms with Crippen LogP contribution in [0.15, 0.2) is 12.1 Å². The number of hydrogen-bond acceptors (Lipinski definition) is 5. The van der Waals surface area contributed by atoms with Crippen LogP contribution in [0.2, 0.25) is 0 Å². The number of ether oxygens (including phenoxy) is 1. The number of fused-ring (bicyclic) bond motifs is 1. The van der Waals surface area contributed by atoms with Crippen molar-refractivity contribution in [1.82, 2.24) is 0 Å². The summed E-state index contributed by atoms with van der Waals surface area (Å²) in [6.45, 7) is 2.73. The van der Waals surface area contributed by atoms with Gasteiger partial charge in [0, 0.05) is 25.0 Å². The van der Waals surface area contributed by atoms with Crippen molar-refractivity contribution in [3.8, 4) is 5.75 Å². The van der Waals surface area contributed by atoms with Gasteiger partial charge in [0.25, 0.3) is 0 Å². The Morgan fingerprint density at radius 1 is 1.50 bits per heavy atom. The highest BCUT2D eigenvalue weighted by Crippen LogP contribution is 2.29. The van der Waals surface area contributed by atoms with Gasteiger partial charge in [-0.15, -0.1) is 0 Å². The number of aryl methyl sites for hydroxylation is 1. The quantitative estimate of drug-likeness (QED) is 0.484. The normalized spacial score (nSPS) is 18.0. The van der Waals surface area contributed by atoms with Gasteiger partial charge in [-0.25, -0.2) is 0 Å².